The van der Waals surface area contributed by atoms with E-state index in [-0.39, 0.29) is 41.4 Å². The lowest BCUT2D eigenvalue weighted by Crippen LogP contribution is -2.58. The van der Waals surface area contributed by atoms with Crippen LogP contribution >= 0.6 is 0 Å². The Bertz CT molecular complexity index is 894. The van der Waals surface area contributed by atoms with Gasteiger partial charge in [0.15, 0.2) is 0 Å². The predicted octanol–water partition coefficient (Wildman–Crippen LogP) is 3.64. The number of amides is 1. The van der Waals surface area contributed by atoms with E-state index in [1.165, 1.54) is 6.42 Å². The molecule has 0 aromatic heterocycles. The van der Waals surface area contributed by atoms with Gasteiger partial charge in [0.2, 0.25) is 5.91 Å². The van der Waals surface area contributed by atoms with E-state index in [9.17, 15) is 23.4 Å². The lowest BCUT2D eigenvalue weighted by Gasteiger charge is -2.62. The van der Waals surface area contributed by atoms with Crippen LogP contribution in [0, 0.1) is 52.3 Å². The summed E-state index contributed by atoms with van der Waals surface area (Å²) in [6.45, 7) is 8.95. The number of nitrogens with one attached hydrogen (secondary N) is 1. The molecule has 202 valence electrons. The van der Waals surface area contributed by atoms with Crippen molar-refractivity contribution in [2.45, 2.75) is 97.7 Å². The van der Waals surface area contributed by atoms with Crippen molar-refractivity contribution in [1.82, 2.24) is 5.32 Å². The maximum Gasteiger partial charge on any atom is 0.266 e. The van der Waals surface area contributed by atoms with Gasteiger partial charge in [0.1, 0.15) is 0 Å². The third kappa shape index (κ3) is 5.19. The van der Waals surface area contributed by atoms with Crippen LogP contribution < -0.4 is 5.32 Å². The van der Waals surface area contributed by atoms with E-state index in [0.29, 0.717) is 35.5 Å². The van der Waals surface area contributed by atoms with Gasteiger partial charge in [0.25, 0.3) is 10.1 Å². The standard InChI is InChI=1S/C27H47NO6S/c1-16(13-17(2)25(31)28-11-12-35(32,33)34)20-5-6-21-24-22(8-10-27(20,21)4)26(3)9-7-19(29)14-18(26)15-23(24)30/h16-24,29-30H,5-15H2,1-4H3,(H,28,31)(H,32,33,34)/t16-,17?,18?,19-,20-,21?,22?,23-,24?,26+,27-/m1/s1. The van der Waals surface area contributed by atoms with Crippen LogP contribution in [0.15, 0.2) is 0 Å². The molecule has 35 heavy (non-hydrogen) atoms. The molecule has 11 atom stereocenters. The van der Waals surface area contributed by atoms with E-state index in [2.05, 4.69) is 26.1 Å². The molecule has 8 heteroatoms. The van der Waals surface area contributed by atoms with Gasteiger partial charge in [-0.05, 0) is 104 Å². The van der Waals surface area contributed by atoms with Crippen molar-refractivity contribution in [3.05, 3.63) is 0 Å². The molecule has 0 saturated heterocycles. The molecule has 0 radical (unpaired) electrons. The summed E-state index contributed by atoms with van der Waals surface area (Å²) in [5.41, 5.74) is 0.392. The highest BCUT2D eigenvalue weighted by Gasteiger charge is 2.62. The number of carbonyl (C=O) groups excluding carboxylic acids is 1. The maximum absolute atomic E-state index is 12.5. The Morgan fingerprint density at radius 1 is 1.00 bits per heavy atom. The highest BCUT2D eigenvalue weighted by atomic mass is 32.2. The van der Waals surface area contributed by atoms with E-state index in [1.807, 2.05) is 6.92 Å². The van der Waals surface area contributed by atoms with Crippen LogP contribution in [0.5, 0.6) is 0 Å². The molecule has 4 saturated carbocycles. The molecule has 0 aromatic rings. The van der Waals surface area contributed by atoms with Gasteiger partial charge in [0, 0.05) is 12.5 Å². The van der Waals surface area contributed by atoms with E-state index < -0.39 is 15.9 Å². The number of aliphatic hydroxyl groups is 2. The molecular formula is C27H47NO6S. The molecule has 0 bridgehead atoms. The zero-order valence-corrected chi connectivity index (χ0v) is 22.8. The predicted molar refractivity (Wildman–Crippen MR) is 135 cm³/mol. The minimum Gasteiger partial charge on any atom is -0.393 e. The Balaban J connectivity index is 1.42. The molecule has 1 amide bonds. The lowest BCUT2D eigenvalue weighted by molar-refractivity contribution is -0.174. The Hall–Kier alpha value is -0.700. The second-order valence-corrected chi connectivity index (χ2v) is 14.7. The van der Waals surface area contributed by atoms with Gasteiger partial charge in [0.05, 0.1) is 18.0 Å². The first-order valence-corrected chi connectivity index (χ1v) is 15.5. The van der Waals surface area contributed by atoms with Gasteiger partial charge in [-0.1, -0.05) is 27.7 Å². The second kappa shape index (κ2) is 9.88. The SMILES string of the molecule is CC(C[C@@H](C)[C@H]1CCC2C3C(CC[C@@]21C)[C@@]1(C)CC[C@@H](O)CC1C[C@H]3O)C(=O)NCCS(=O)(=O)O. The molecule has 4 aliphatic rings. The molecule has 4 rings (SSSR count). The average molecular weight is 514 g/mol. The summed E-state index contributed by atoms with van der Waals surface area (Å²) in [6.07, 6.45) is 8.45. The molecule has 4 aliphatic carbocycles. The highest BCUT2D eigenvalue weighted by molar-refractivity contribution is 7.85. The average Bonchev–Trinajstić information content (AvgIpc) is 3.11. The normalized spacial score (nSPS) is 45.1. The monoisotopic (exact) mass is 513 g/mol. The molecule has 0 heterocycles. The van der Waals surface area contributed by atoms with Crippen LogP contribution in [0.1, 0.15) is 85.5 Å². The third-order valence-corrected chi connectivity index (χ3v) is 12.0. The summed E-state index contributed by atoms with van der Waals surface area (Å²) in [7, 11) is -4.08. The molecular weight excluding hydrogens is 466 g/mol. The van der Waals surface area contributed by atoms with Gasteiger partial charge in [-0.15, -0.1) is 0 Å². The van der Waals surface area contributed by atoms with Crippen LogP contribution in [-0.2, 0) is 14.9 Å². The fraction of sp³-hybridized carbons (Fsp3) is 0.963. The Morgan fingerprint density at radius 3 is 2.34 bits per heavy atom. The van der Waals surface area contributed by atoms with Crippen molar-refractivity contribution in [1.29, 1.82) is 0 Å². The number of hydrogen-bond acceptors (Lipinski definition) is 5. The first-order chi connectivity index (χ1) is 16.3. The molecule has 4 N–H and O–H groups in total. The van der Waals surface area contributed by atoms with Crippen molar-refractivity contribution in [3.63, 3.8) is 0 Å². The van der Waals surface area contributed by atoms with Gasteiger partial charge in [-0.25, -0.2) is 0 Å². The molecule has 4 fully saturated rings. The Morgan fingerprint density at radius 2 is 1.66 bits per heavy atom. The smallest absolute Gasteiger partial charge is 0.266 e. The summed E-state index contributed by atoms with van der Waals surface area (Å²) >= 11 is 0. The fourth-order valence-corrected chi connectivity index (χ4v) is 9.84. The van der Waals surface area contributed by atoms with Crippen LogP contribution in [-0.4, -0.2) is 53.6 Å². The lowest BCUT2D eigenvalue weighted by atomic mass is 9.43. The molecule has 7 nitrogen and oxygen atoms in total. The van der Waals surface area contributed by atoms with E-state index in [4.69, 9.17) is 4.55 Å². The maximum atomic E-state index is 12.5. The van der Waals surface area contributed by atoms with Crippen molar-refractivity contribution < 1.29 is 28.0 Å². The second-order valence-electron chi connectivity index (χ2n) is 13.1. The largest absolute Gasteiger partial charge is 0.393 e. The van der Waals surface area contributed by atoms with Crippen molar-refractivity contribution in [3.8, 4) is 0 Å². The van der Waals surface area contributed by atoms with Crippen LogP contribution in [0.2, 0.25) is 0 Å². The van der Waals surface area contributed by atoms with Crippen LogP contribution in [0.25, 0.3) is 0 Å². The quantitative estimate of drug-likeness (QED) is 0.385. The number of rotatable bonds is 7. The Labute approximate surface area is 211 Å². The summed E-state index contributed by atoms with van der Waals surface area (Å²) < 4.78 is 30.7. The van der Waals surface area contributed by atoms with E-state index in [0.717, 1.165) is 51.4 Å². The van der Waals surface area contributed by atoms with Crippen molar-refractivity contribution in [2.24, 2.45) is 52.3 Å². The first-order valence-electron chi connectivity index (χ1n) is 13.8. The zero-order valence-electron chi connectivity index (χ0n) is 21.9. The van der Waals surface area contributed by atoms with Gasteiger partial charge in [-0.2, -0.15) is 8.42 Å². The molecule has 0 spiro atoms. The van der Waals surface area contributed by atoms with Gasteiger partial charge < -0.3 is 15.5 Å². The van der Waals surface area contributed by atoms with E-state index >= 15 is 0 Å². The third-order valence-electron chi connectivity index (χ3n) is 11.2. The number of fused-ring (bicyclic) bond motifs is 5. The van der Waals surface area contributed by atoms with Crippen LogP contribution in [0.3, 0.4) is 0 Å². The Kier molecular flexibility index (Phi) is 7.72. The summed E-state index contributed by atoms with van der Waals surface area (Å²) in [5.74, 6) is 1.81. The van der Waals surface area contributed by atoms with Crippen molar-refractivity contribution >= 4 is 16.0 Å². The number of carbonyl (C=O) groups is 1. The molecule has 5 unspecified atom stereocenters. The summed E-state index contributed by atoms with van der Waals surface area (Å²) in [4.78, 5) is 12.5. The first kappa shape index (κ1) is 27.3. The van der Waals surface area contributed by atoms with Crippen LogP contribution in [0.4, 0.5) is 0 Å². The van der Waals surface area contributed by atoms with Crippen molar-refractivity contribution in [2.75, 3.05) is 12.3 Å². The van der Waals surface area contributed by atoms with Gasteiger partial charge >= 0.3 is 0 Å². The molecule has 0 aromatic carbocycles. The number of aliphatic hydroxyl groups excluding tert-OH is 2. The minimum absolute atomic E-state index is 0.0721. The topological polar surface area (TPSA) is 124 Å². The van der Waals surface area contributed by atoms with Gasteiger partial charge in [-0.3, -0.25) is 9.35 Å². The zero-order chi connectivity index (χ0) is 25.8. The summed E-state index contributed by atoms with van der Waals surface area (Å²) in [6, 6.07) is 0. The molecule has 0 aliphatic heterocycles. The van der Waals surface area contributed by atoms with E-state index in [1.54, 1.807) is 0 Å². The highest BCUT2D eigenvalue weighted by Crippen LogP contribution is 2.68. The fourth-order valence-electron chi connectivity index (χ4n) is 9.48. The minimum atomic E-state index is -4.08. The number of hydrogen-bond donors (Lipinski definition) is 4. The summed E-state index contributed by atoms with van der Waals surface area (Å²) in [5, 5.41) is 24.3.